The van der Waals surface area contributed by atoms with Gasteiger partial charge in [-0.25, -0.2) is 9.37 Å². The number of imidazole rings is 1. The molecule has 0 bridgehead atoms. The zero-order valence-electron chi connectivity index (χ0n) is 10.5. The normalized spacial score (nSPS) is 11.3. The highest BCUT2D eigenvalue weighted by Gasteiger charge is 2.11. The molecule has 104 valence electrons. The molecule has 19 heavy (non-hydrogen) atoms. The molecule has 2 aromatic rings. The van der Waals surface area contributed by atoms with Crippen molar-refractivity contribution in [1.82, 2.24) is 9.55 Å². The summed E-state index contributed by atoms with van der Waals surface area (Å²) < 4.78 is 25.9. The molecule has 2 N–H and O–H groups in total. The number of anilines is 1. The van der Waals surface area contributed by atoms with E-state index in [0.29, 0.717) is 42.3 Å². The number of nitrogens with two attached hydrogens (primary N) is 1. The van der Waals surface area contributed by atoms with Gasteiger partial charge in [-0.3, -0.25) is 0 Å². The summed E-state index contributed by atoms with van der Waals surface area (Å²) in [4.78, 5) is 4.13. The fraction of sp³-hybridized carbons (Fsp3) is 0.417. The van der Waals surface area contributed by atoms with Crippen LogP contribution in [0.4, 0.5) is 10.3 Å². The van der Waals surface area contributed by atoms with Gasteiger partial charge in [0, 0.05) is 19.7 Å². The van der Waals surface area contributed by atoms with Gasteiger partial charge in [0.1, 0.15) is 5.82 Å². The van der Waals surface area contributed by atoms with Gasteiger partial charge in [0.2, 0.25) is 5.95 Å². The quantitative estimate of drug-likeness (QED) is 0.824. The third-order valence-electron chi connectivity index (χ3n) is 2.71. The van der Waals surface area contributed by atoms with Crippen LogP contribution in [0.2, 0.25) is 0 Å². The molecule has 0 aliphatic heterocycles. The first kappa shape index (κ1) is 14.2. The van der Waals surface area contributed by atoms with Crippen LogP contribution >= 0.6 is 15.9 Å². The number of ether oxygens (including phenoxy) is 2. The lowest BCUT2D eigenvalue weighted by molar-refractivity contribution is 0.0671. The Morgan fingerprint density at radius 3 is 2.89 bits per heavy atom. The molecule has 0 atom stereocenters. The van der Waals surface area contributed by atoms with Crippen molar-refractivity contribution >= 4 is 32.9 Å². The molecule has 5 nitrogen and oxygen atoms in total. The number of aromatic nitrogens is 2. The minimum absolute atomic E-state index is 0.350. The van der Waals surface area contributed by atoms with Gasteiger partial charge in [-0.15, -0.1) is 0 Å². The number of hydrogen-bond donors (Lipinski definition) is 1. The maximum absolute atomic E-state index is 13.4. The van der Waals surface area contributed by atoms with Crippen LogP contribution in [0.25, 0.3) is 11.0 Å². The predicted octanol–water partition coefficient (Wildman–Crippen LogP) is 2.18. The number of nitrogen functional groups attached to an aromatic ring is 1. The summed E-state index contributed by atoms with van der Waals surface area (Å²) in [5.74, 6) is -0.00339. The van der Waals surface area contributed by atoms with Crippen molar-refractivity contribution in [1.29, 1.82) is 0 Å². The molecule has 0 spiro atoms. The zero-order chi connectivity index (χ0) is 13.8. The Bertz CT molecular complexity index is 574. The molecule has 0 fully saturated rings. The number of rotatable bonds is 6. The molecule has 1 aromatic carbocycles. The lowest BCUT2D eigenvalue weighted by atomic mass is 10.3. The smallest absolute Gasteiger partial charge is 0.201 e. The fourth-order valence-electron chi connectivity index (χ4n) is 1.77. The van der Waals surface area contributed by atoms with Crippen LogP contribution in [-0.4, -0.2) is 36.5 Å². The molecule has 0 saturated carbocycles. The monoisotopic (exact) mass is 331 g/mol. The van der Waals surface area contributed by atoms with E-state index >= 15 is 0 Å². The number of hydrogen-bond acceptors (Lipinski definition) is 4. The number of benzene rings is 1. The molecule has 2 rings (SSSR count). The lowest BCUT2D eigenvalue weighted by Gasteiger charge is -2.07. The summed E-state index contributed by atoms with van der Waals surface area (Å²) in [6.45, 7) is 2.14. The van der Waals surface area contributed by atoms with Gasteiger partial charge in [0.05, 0.1) is 35.3 Å². The molecule has 0 radical (unpaired) electrons. The number of fused-ring (bicyclic) bond motifs is 1. The van der Waals surface area contributed by atoms with E-state index in [1.165, 1.54) is 6.07 Å². The molecular formula is C12H15BrFN3O2. The molecule has 0 unspecified atom stereocenters. The first-order valence-electron chi connectivity index (χ1n) is 5.81. The summed E-state index contributed by atoms with van der Waals surface area (Å²) in [7, 11) is 1.62. The van der Waals surface area contributed by atoms with Crippen molar-refractivity contribution < 1.29 is 13.9 Å². The van der Waals surface area contributed by atoms with E-state index < -0.39 is 0 Å². The molecule has 1 heterocycles. The highest BCUT2D eigenvalue weighted by molar-refractivity contribution is 9.10. The Hall–Kier alpha value is -1.18. The van der Waals surface area contributed by atoms with Gasteiger partial charge >= 0.3 is 0 Å². The van der Waals surface area contributed by atoms with Crippen molar-refractivity contribution in [2.45, 2.75) is 6.54 Å². The predicted molar refractivity (Wildman–Crippen MR) is 74.5 cm³/mol. The van der Waals surface area contributed by atoms with Crippen LogP contribution in [0.1, 0.15) is 0 Å². The molecule has 0 aliphatic rings. The lowest BCUT2D eigenvalue weighted by Crippen LogP contribution is -2.11. The number of nitrogens with zero attached hydrogens (tertiary/aromatic N) is 2. The molecule has 7 heteroatoms. The van der Waals surface area contributed by atoms with Crippen LogP contribution in [0, 0.1) is 5.82 Å². The summed E-state index contributed by atoms with van der Waals surface area (Å²) in [5.41, 5.74) is 7.14. The van der Waals surface area contributed by atoms with E-state index in [4.69, 9.17) is 15.2 Å². The van der Waals surface area contributed by atoms with E-state index in [0.717, 1.165) is 5.52 Å². The molecular weight excluding hydrogens is 317 g/mol. The second kappa shape index (κ2) is 6.31. The van der Waals surface area contributed by atoms with E-state index in [-0.39, 0.29) is 5.82 Å². The Morgan fingerprint density at radius 1 is 1.37 bits per heavy atom. The topological polar surface area (TPSA) is 62.3 Å². The molecule has 0 aliphatic carbocycles. The van der Waals surface area contributed by atoms with E-state index in [2.05, 4.69) is 20.9 Å². The van der Waals surface area contributed by atoms with Crippen LogP contribution < -0.4 is 5.73 Å². The SMILES string of the molecule is COCCOCCn1c(N)nc2cc(F)c(Br)cc21. The first-order valence-corrected chi connectivity index (χ1v) is 6.60. The van der Waals surface area contributed by atoms with Crippen molar-refractivity contribution in [3.63, 3.8) is 0 Å². The summed E-state index contributed by atoms with van der Waals surface area (Å²) >= 11 is 3.16. The van der Waals surface area contributed by atoms with E-state index in [9.17, 15) is 4.39 Å². The largest absolute Gasteiger partial charge is 0.382 e. The third kappa shape index (κ3) is 3.23. The summed E-state index contributed by atoms with van der Waals surface area (Å²) in [6, 6.07) is 3.03. The highest BCUT2D eigenvalue weighted by Crippen LogP contribution is 2.24. The van der Waals surface area contributed by atoms with Gasteiger partial charge < -0.3 is 19.8 Å². The standard InChI is InChI=1S/C12H15BrFN3O2/c1-18-4-5-19-3-2-17-11-6-8(13)9(14)7-10(11)16-12(17)15/h6-7H,2-5H2,1H3,(H2,15,16). The summed E-state index contributed by atoms with van der Waals surface area (Å²) in [5, 5.41) is 0. The van der Waals surface area contributed by atoms with E-state index in [1.54, 1.807) is 17.7 Å². The molecule has 0 amide bonds. The molecule has 0 saturated heterocycles. The van der Waals surface area contributed by atoms with Gasteiger partial charge in [-0.1, -0.05) is 0 Å². The minimum Gasteiger partial charge on any atom is -0.382 e. The Morgan fingerprint density at radius 2 is 2.16 bits per heavy atom. The van der Waals surface area contributed by atoms with Crippen LogP contribution in [0.3, 0.4) is 0 Å². The Labute approximate surface area is 118 Å². The zero-order valence-corrected chi connectivity index (χ0v) is 12.1. The maximum atomic E-state index is 13.4. The first-order chi connectivity index (χ1) is 9.13. The minimum atomic E-state index is -0.353. The van der Waals surface area contributed by atoms with Gasteiger partial charge in [0.25, 0.3) is 0 Å². The van der Waals surface area contributed by atoms with Crippen LogP contribution in [-0.2, 0) is 16.0 Å². The van der Waals surface area contributed by atoms with Crippen molar-refractivity contribution in [2.24, 2.45) is 0 Å². The van der Waals surface area contributed by atoms with E-state index in [1.807, 2.05) is 0 Å². The summed E-state index contributed by atoms with van der Waals surface area (Å²) in [6.07, 6.45) is 0. The second-order valence-corrected chi connectivity index (χ2v) is 4.84. The average Bonchev–Trinajstić information content (AvgIpc) is 2.66. The maximum Gasteiger partial charge on any atom is 0.201 e. The van der Waals surface area contributed by atoms with Crippen LogP contribution in [0.15, 0.2) is 16.6 Å². The fourth-order valence-corrected chi connectivity index (χ4v) is 2.11. The molecule has 1 aromatic heterocycles. The average molecular weight is 332 g/mol. The van der Waals surface area contributed by atoms with Gasteiger partial charge in [-0.2, -0.15) is 0 Å². The van der Waals surface area contributed by atoms with Crippen molar-refractivity contribution in [3.05, 3.63) is 22.4 Å². The van der Waals surface area contributed by atoms with Gasteiger partial charge in [0.15, 0.2) is 0 Å². The third-order valence-corrected chi connectivity index (χ3v) is 3.32. The Kier molecular flexibility index (Phi) is 4.73. The van der Waals surface area contributed by atoms with Crippen LogP contribution in [0.5, 0.6) is 0 Å². The number of halogens is 2. The van der Waals surface area contributed by atoms with Crippen molar-refractivity contribution in [3.8, 4) is 0 Å². The highest BCUT2D eigenvalue weighted by atomic mass is 79.9. The Balaban J connectivity index is 2.13. The van der Waals surface area contributed by atoms with Crippen molar-refractivity contribution in [2.75, 3.05) is 32.7 Å². The number of methoxy groups -OCH3 is 1. The van der Waals surface area contributed by atoms with Gasteiger partial charge in [-0.05, 0) is 22.0 Å². The second-order valence-electron chi connectivity index (χ2n) is 3.98.